The second kappa shape index (κ2) is 4.15. The van der Waals surface area contributed by atoms with Gasteiger partial charge in [0.25, 0.3) is 0 Å². The Morgan fingerprint density at radius 1 is 1.60 bits per heavy atom. The van der Waals surface area contributed by atoms with E-state index in [0.29, 0.717) is 0 Å². The lowest BCUT2D eigenvalue weighted by atomic mass is 10.3. The SMILES string of the molecule is COC(=O)C(C#N)=C(Cl)Cl. The lowest BCUT2D eigenvalue weighted by molar-refractivity contribution is -0.135. The third-order valence-corrected chi connectivity index (χ3v) is 1.07. The highest BCUT2D eigenvalue weighted by Crippen LogP contribution is 2.13. The summed E-state index contributed by atoms with van der Waals surface area (Å²) in [6.45, 7) is 0. The molecule has 0 aliphatic rings. The van der Waals surface area contributed by atoms with E-state index in [1.54, 1.807) is 0 Å². The maximum atomic E-state index is 10.5. The van der Waals surface area contributed by atoms with Gasteiger partial charge in [-0.25, -0.2) is 4.79 Å². The van der Waals surface area contributed by atoms with Crippen LogP contribution in [0.4, 0.5) is 0 Å². The van der Waals surface area contributed by atoms with Crippen LogP contribution in [0.5, 0.6) is 0 Å². The van der Waals surface area contributed by atoms with Crippen molar-refractivity contribution in [3.63, 3.8) is 0 Å². The van der Waals surface area contributed by atoms with Crippen LogP contribution in [0.2, 0.25) is 0 Å². The number of methoxy groups -OCH3 is 1. The smallest absolute Gasteiger partial charge is 0.351 e. The van der Waals surface area contributed by atoms with Crippen LogP contribution in [0.3, 0.4) is 0 Å². The summed E-state index contributed by atoms with van der Waals surface area (Å²) in [4.78, 5) is 10.5. The fraction of sp³-hybridized carbons (Fsp3) is 0.200. The zero-order valence-electron chi connectivity index (χ0n) is 5.02. The van der Waals surface area contributed by atoms with Gasteiger partial charge < -0.3 is 4.74 Å². The first kappa shape index (κ1) is 9.28. The Kier molecular flexibility index (Phi) is 3.85. The van der Waals surface area contributed by atoms with Crippen LogP contribution in [-0.2, 0) is 9.53 Å². The van der Waals surface area contributed by atoms with E-state index < -0.39 is 5.97 Å². The molecule has 0 aromatic carbocycles. The quantitative estimate of drug-likeness (QED) is 0.347. The molecule has 0 N–H and O–H groups in total. The first-order valence-corrected chi connectivity index (χ1v) is 2.92. The monoisotopic (exact) mass is 179 g/mol. The molecule has 54 valence electrons. The van der Waals surface area contributed by atoms with E-state index in [9.17, 15) is 4.79 Å². The number of esters is 1. The molecule has 0 saturated heterocycles. The third-order valence-electron chi connectivity index (χ3n) is 0.690. The number of carbonyl (C=O) groups excluding carboxylic acids is 1. The van der Waals surface area contributed by atoms with Gasteiger partial charge in [0.15, 0.2) is 5.57 Å². The van der Waals surface area contributed by atoms with Crippen molar-refractivity contribution in [1.82, 2.24) is 0 Å². The average Bonchev–Trinajstić information content (AvgIpc) is 1.88. The molecule has 0 radical (unpaired) electrons. The predicted molar refractivity (Wildman–Crippen MR) is 36.4 cm³/mol. The summed E-state index contributed by atoms with van der Waals surface area (Å²) in [5.41, 5.74) is -0.383. The van der Waals surface area contributed by atoms with E-state index in [1.165, 1.54) is 6.07 Å². The van der Waals surface area contributed by atoms with Crippen LogP contribution in [0.15, 0.2) is 10.1 Å². The van der Waals surface area contributed by atoms with Gasteiger partial charge in [-0.3, -0.25) is 0 Å². The normalized spacial score (nSPS) is 7.80. The Bertz CT molecular complexity index is 212. The maximum Gasteiger partial charge on any atom is 0.351 e. The van der Waals surface area contributed by atoms with E-state index in [1.807, 2.05) is 0 Å². The molecule has 0 bridgehead atoms. The summed E-state index contributed by atoms with van der Waals surface area (Å²) in [7, 11) is 1.14. The molecule has 0 rings (SSSR count). The molecule has 10 heavy (non-hydrogen) atoms. The second-order valence-electron chi connectivity index (χ2n) is 1.24. The van der Waals surface area contributed by atoms with Crippen molar-refractivity contribution in [2.45, 2.75) is 0 Å². The minimum atomic E-state index is -0.831. The van der Waals surface area contributed by atoms with E-state index in [2.05, 4.69) is 4.74 Å². The molecule has 3 nitrogen and oxygen atoms in total. The zero-order valence-corrected chi connectivity index (χ0v) is 6.53. The van der Waals surface area contributed by atoms with E-state index in [-0.39, 0.29) is 10.1 Å². The first-order chi connectivity index (χ1) is 4.63. The largest absolute Gasteiger partial charge is 0.465 e. The van der Waals surface area contributed by atoms with E-state index in [4.69, 9.17) is 28.5 Å². The molecule has 0 aromatic heterocycles. The third kappa shape index (κ3) is 2.26. The van der Waals surface area contributed by atoms with Crippen molar-refractivity contribution in [3.05, 3.63) is 10.1 Å². The number of ether oxygens (including phenoxy) is 1. The number of nitrogens with zero attached hydrogens (tertiary/aromatic N) is 1. The van der Waals surface area contributed by atoms with Gasteiger partial charge in [-0.05, 0) is 0 Å². The minimum absolute atomic E-state index is 0.380. The summed E-state index contributed by atoms with van der Waals surface area (Å²) in [5, 5.41) is 8.22. The van der Waals surface area contributed by atoms with Gasteiger partial charge in [0.1, 0.15) is 10.6 Å². The lowest BCUT2D eigenvalue weighted by Crippen LogP contribution is -2.02. The number of rotatable bonds is 1. The van der Waals surface area contributed by atoms with Gasteiger partial charge in [0.05, 0.1) is 7.11 Å². The Hall–Kier alpha value is -0.720. The standard InChI is InChI=1S/C5H3Cl2NO2/c1-10-5(9)3(2-8)4(6)7/h1H3. The van der Waals surface area contributed by atoms with Gasteiger partial charge in [-0.15, -0.1) is 0 Å². The number of halogens is 2. The van der Waals surface area contributed by atoms with Crippen LogP contribution in [-0.4, -0.2) is 13.1 Å². The molecule has 0 heterocycles. The summed E-state index contributed by atoms with van der Waals surface area (Å²) in [6, 6.07) is 1.49. The Labute approximate surface area is 67.8 Å². The molecule has 0 saturated carbocycles. The van der Waals surface area contributed by atoms with Gasteiger partial charge >= 0.3 is 5.97 Å². The zero-order chi connectivity index (χ0) is 8.15. The van der Waals surface area contributed by atoms with Crippen LogP contribution in [0, 0.1) is 11.3 Å². The molecule has 0 aliphatic carbocycles. The summed E-state index contributed by atoms with van der Waals surface area (Å²) >= 11 is 10.3. The van der Waals surface area contributed by atoms with Crippen LogP contribution in [0.1, 0.15) is 0 Å². The van der Waals surface area contributed by atoms with Crippen molar-refractivity contribution < 1.29 is 9.53 Å². The fourth-order valence-electron chi connectivity index (χ4n) is 0.267. The molecule has 0 aromatic rings. The molecule has 5 heteroatoms. The molecular weight excluding hydrogens is 177 g/mol. The van der Waals surface area contributed by atoms with Crippen molar-refractivity contribution >= 4 is 29.2 Å². The van der Waals surface area contributed by atoms with E-state index >= 15 is 0 Å². The molecule has 0 amide bonds. The van der Waals surface area contributed by atoms with Crippen LogP contribution < -0.4 is 0 Å². The maximum absolute atomic E-state index is 10.5. The Balaban J connectivity index is 4.59. The summed E-state index contributed by atoms with van der Waals surface area (Å²) in [5.74, 6) is -0.831. The highest BCUT2D eigenvalue weighted by Gasteiger charge is 2.12. The molecule has 0 fully saturated rings. The fourth-order valence-corrected chi connectivity index (χ4v) is 0.506. The van der Waals surface area contributed by atoms with Gasteiger partial charge in [0, 0.05) is 0 Å². The molecule has 0 atom stereocenters. The molecule has 0 unspecified atom stereocenters. The van der Waals surface area contributed by atoms with Crippen LogP contribution >= 0.6 is 23.2 Å². The number of carbonyl (C=O) groups is 1. The number of hydrogen-bond donors (Lipinski definition) is 0. The molecule has 0 spiro atoms. The molecule has 0 aliphatic heterocycles. The van der Waals surface area contributed by atoms with Crippen molar-refractivity contribution in [1.29, 1.82) is 5.26 Å². The highest BCUT2D eigenvalue weighted by molar-refractivity contribution is 6.57. The number of nitriles is 1. The van der Waals surface area contributed by atoms with Gasteiger partial charge in [0.2, 0.25) is 0 Å². The summed E-state index contributed by atoms with van der Waals surface area (Å²) in [6.07, 6.45) is 0. The Morgan fingerprint density at radius 3 is 2.20 bits per heavy atom. The number of hydrogen-bond acceptors (Lipinski definition) is 3. The van der Waals surface area contributed by atoms with Gasteiger partial charge in [-0.2, -0.15) is 5.26 Å². The minimum Gasteiger partial charge on any atom is -0.465 e. The Morgan fingerprint density at radius 2 is 2.10 bits per heavy atom. The van der Waals surface area contributed by atoms with Gasteiger partial charge in [-0.1, -0.05) is 23.2 Å². The first-order valence-electron chi connectivity index (χ1n) is 2.17. The predicted octanol–water partition coefficient (Wildman–Crippen LogP) is 1.37. The average molecular weight is 180 g/mol. The lowest BCUT2D eigenvalue weighted by Gasteiger charge is -1.93. The van der Waals surface area contributed by atoms with Crippen molar-refractivity contribution in [2.24, 2.45) is 0 Å². The highest BCUT2D eigenvalue weighted by atomic mass is 35.5. The topological polar surface area (TPSA) is 50.1 Å². The van der Waals surface area contributed by atoms with E-state index in [0.717, 1.165) is 7.11 Å². The second-order valence-corrected chi connectivity index (χ2v) is 2.19. The van der Waals surface area contributed by atoms with Crippen molar-refractivity contribution in [3.8, 4) is 6.07 Å². The molecular formula is C5H3Cl2NO2. The van der Waals surface area contributed by atoms with Crippen LogP contribution in [0.25, 0.3) is 0 Å². The summed E-state index contributed by atoms with van der Waals surface area (Å²) < 4.78 is 3.80. The van der Waals surface area contributed by atoms with Crippen molar-refractivity contribution in [2.75, 3.05) is 7.11 Å².